The number of halogens is 1. The highest BCUT2D eigenvalue weighted by Gasteiger charge is 2.33. The molecule has 0 bridgehead atoms. The second kappa shape index (κ2) is 5.28. The first-order valence-corrected chi connectivity index (χ1v) is 6.74. The van der Waals surface area contributed by atoms with Gasteiger partial charge in [-0.2, -0.15) is 0 Å². The van der Waals surface area contributed by atoms with Crippen molar-refractivity contribution < 1.29 is 4.92 Å². The van der Waals surface area contributed by atoms with E-state index in [1.54, 1.807) is 0 Å². The predicted octanol–water partition coefficient (Wildman–Crippen LogP) is 3.05. The quantitative estimate of drug-likeness (QED) is 0.484. The molecule has 0 aliphatic carbocycles. The van der Waals surface area contributed by atoms with E-state index in [0.717, 1.165) is 32.4 Å². The number of hydrogen-bond acceptors (Lipinski definition) is 5. The van der Waals surface area contributed by atoms with Crippen LogP contribution in [0.25, 0.3) is 0 Å². The number of nitro groups is 1. The summed E-state index contributed by atoms with van der Waals surface area (Å²) in [5.74, 6) is 0.336. The van der Waals surface area contributed by atoms with Crippen molar-refractivity contribution in [2.24, 2.45) is 5.41 Å². The van der Waals surface area contributed by atoms with Gasteiger partial charge in [0.25, 0.3) is 0 Å². The predicted molar refractivity (Wildman–Crippen MR) is 73.5 cm³/mol. The van der Waals surface area contributed by atoms with E-state index in [4.69, 9.17) is 11.6 Å². The summed E-state index contributed by atoms with van der Waals surface area (Å²) in [7, 11) is 0. The lowest BCUT2D eigenvalue weighted by molar-refractivity contribution is -0.384. The maximum atomic E-state index is 11.1. The SMILES string of the molecule is CCC1(C)CCN(c2ncnc(Cl)c2[N+](=O)[O-])CC1. The Morgan fingerprint density at radius 3 is 2.63 bits per heavy atom. The fourth-order valence-electron chi connectivity index (χ4n) is 2.35. The number of nitrogens with zero attached hydrogens (tertiary/aromatic N) is 4. The molecule has 6 nitrogen and oxygen atoms in total. The molecule has 0 N–H and O–H groups in total. The maximum Gasteiger partial charge on any atom is 0.348 e. The highest BCUT2D eigenvalue weighted by atomic mass is 35.5. The zero-order valence-electron chi connectivity index (χ0n) is 11.1. The molecule has 0 saturated carbocycles. The van der Waals surface area contributed by atoms with Crippen LogP contribution in [0.4, 0.5) is 11.5 Å². The third-order valence-corrected chi connectivity index (χ3v) is 4.34. The van der Waals surface area contributed by atoms with Crippen molar-refractivity contribution in [3.8, 4) is 0 Å². The minimum absolute atomic E-state index is 0.0983. The summed E-state index contributed by atoms with van der Waals surface area (Å²) in [5, 5.41) is 11.0. The number of hydrogen-bond donors (Lipinski definition) is 0. The molecule has 0 atom stereocenters. The molecule has 0 radical (unpaired) electrons. The molecule has 1 aromatic rings. The second-order valence-corrected chi connectivity index (χ2v) is 5.60. The lowest BCUT2D eigenvalue weighted by Crippen LogP contribution is -2.39. The van der Waals surface area contributed by atoms with Gasteiger partial charge in [0.2, 0.25) is 11.0 Å². The molecule has 1 aliphatic heterocycles. The van der Waals surface area contributed by atoms with Gasteiger partial charge in [-0.1, -0.05) is 31.9 Å². The topological polar surface area (TPSA) is 72.2 Å². The van der Waals surface area contributed by atoms with Crippen LogP contribution in [0.15, 0.2) is 6.33 Å². The van der Waals surface area contributed by atoms with Gasteiger partial charge in [-0.3, -0.25) is 10.1 Å². The number of anilines is 1. The number of aromatic nitrogens is 2. The maximum absolute atomic E-state index is 11.1. The van der Waals surface area contributed by atoms with Crippen molar-refractivity contribution in [3.05, 3.63) is 21.6 Å². The lowest BCUT2D eigenvalue weighted by atomic mass is 9.78. The highest BCUT2D eigenvalue weighted by molar-refractivity contribution is 6.31. The average Bonchev–Trinajstić information content (AvgIpc) is 2.39. The fraction of sp³-hybridized carbons (Fsp3) is 0.667. The Morgan fingerprint density at radius 1 is 1.47 bits per heavy atom. The summed E-state index contributed by atoms with van der Waals surface area (Å²) in [4.78, 5) is 20.2. The van der Waals surface area contributed by atoms with Gasteiger partial charge in [0, 0.05) is 13.1 Å². The van der Waals surface area contributed by atoms with Crippen LogP contribution in [-0.2, 0) is 0 Å². The smallest absolute Gasteiger partial charge is 0.348 e. The summed E-state index contributed by atoms with van der Waals surface area (Å²) in [6, 6.07) is 0. The van der Waals surface area contributed by atoms with Gasteiger partial charge in [-0.25, -0.2) is 9.97 Å². The zero-order chi connectivity index (χ0) is 14.0. The molecule has 2 rings (SSSR count). The van der Waals surface area contributed by atoms with E-state index < -0.39 is 4.92 Å². The standard InChI is InChI=1S/C12H17ClN4O2/c1-3-12(2)4-6-16(7-5-12)11-9(17(18)19)10(13)14-8-15-11/h8H,3-7H2,1-2H3. The van der Waals surface area contributed by atoms with Crippen LogP contribution in [0.1, 0.15) is 33.1 Å². The average molecular weight is 285 g/mol. The van der Waals surface area contributed by atoms with Crippen LogP contribution in [0.2, 0.25) is 5.15 Å². The fourth-order valence-corrected chi connectivity index (χ4v) is 2.55. The van der Waals surface area contributed by atoms with Crippen molar-refractivity contribution in [2.75, 3.05) is 18.0 Å². The molecule has 0 spiro atoms. The molecular formula is C12H17ClN4O2. The van der Waals surface area contributed by atoms with Crippen LogP contribution < -0.4 is 4.90 Å². The molecule has 1 aromatic heterocycles. The zero-order valence-corrected chi connectivity index (χ0v) is 11.9. The van der Waals surface area contributed by atoms with Crippen LogP contribution in [-0.4, -0.2) is 28.0 Å². The van der Waals surface area contributed by atoms with Gasteiger partial charge in [-0.05, 0) is 18.3 Å². The van der Waals surface area contributed by atoms with E-state index in [1.807, 2.05) is 4.90 Å². The minimum Gasteiger partial charge on any atom is -0.351 e. The summed E-state index contributed by atoms with van der Waals surface area (Å²) in [6.07, 6.45) is 4.40. The summed E-state index contributed by atoms with van der Waals surface area (Å²) in [5.41, 5.74) is 0.131. The summed E-state index contributed by atoms with van der Waals surface area (Å²) < 4.78 is 0. The largest absolute Gasteiger partial charge is 0.351 e. The van der Waals surface area contributed by atoms with Crippen molar-refractivity contribution in [2.45, 2.75) is 33.1 Å². The Labute approximate surface area is 117 Å². The molecule has 1 aliphatic rings. The van der Waals surface area contributed by atoms with E-state index in [-0.39, 0.29) is 10.8 Å². The molecule has 7 heteroatoms. The van der Waals surface area contributed by atoms with Crippen LogP contribution in [0.3, 0.4) is 0 Å². The molecule has 104 valence electrons. The van der Waals surface area contributed by atoms with Crippen molar-refractivity contribution in [3.63, 3.8) is 0 Å². The summed E-state index contributed by atoms with van der Waals surface area (Å²) in [6.45, 7) is 5.96. The highest BCUT2D eigenvalue weighted by Crippen LogP contribution is 2.38. The van der Waals surface area contributed by atoms with Gasteiger partial charge < -0.3 is 4.90 Å². The third kappa shape index (κ3) is 2.78. The molecule has 0 unspecified atom stereocenters. The van der Waals surface area contributed by atoms with Gasteiger partial charge in [-0.15, -0.1) is 0 Å². The first-order chi connectivity index (χ1) is 8.97. The van der Waals surface area contributed by atoms with Crippen molar-refractivity contribution in [1.82, 2.24) is 9.97 Å². The van der Waals surface area contributed by atoms with Gasteiger partial charge in [0.05, 0.1) is 4.92 Å². The van der Waals surface area contributed by atoms with E-state index in [2.05, 4.69) is 23.8 Å². The number of rotatable bonds is 3. The lowest BCUT2D eigenvalue weighted by Gasteiger charge is -2.39. The first kappa shape index (κ1) is 14.0. The van der Waals surface area contributed by atoms with E-state index >= 15 is 0 Å². The van der Waals surface area contributed by atoms with E-state index in [0.29, 0.717) is 11.2 Å². The third-order valence-electron chi connectivity index (χ3n) is 4.06. The van der Waals surface area contributed by atoms with Crippen molar-refractivity contribution in [1.29, 1.82) is 0 Å². The molecule has 2 heterocycles. The molecule has 0 amide bonds. The van der Waals surface area contributed by atoms with E-state index in [9.17, 15) is 10.1 Å². The Bertz CT molecular complexity index is 487. The first-order valence-electron chi connectivity index (χ1n) is 6.37. The second-order valence-electron chi connectivity index (χ2n) is 5.25. The van der Waals surface area contributed by atoms with Crippen LogP contribution in [0, 0.1) is 15.5 Å². The van der Waals surface area contributed by atoms with Gasteiger partial charge in [0.1, 0.15) is 6.33 Å². The van der Waals surface area contributed by atoms with Crippen LogP contribution in [0.5, 0.6) is 0 Å². The van der Waals surface area contributed by atoms with Gasteiger partial charge >= 0.3 is 5.69 Å². The Hall–Kier alpha value is -1.43. The Morgan fingerprint density at radius 2 is 2.11 bits per heavy atom. The normalized spacial score (nSPS) is 18.4. The minimum atomic E-state index is -0.509. The molecule has 1 saturated heterocycles. The van der Waals surface area contributed by atoms with Gasteiger partial charge in [0.15, 0.2) is 0 Å². The summed E-state index contributed by atoms with van der Waals surface area (Å²) >= 11 is 5.81. The molecule has 0 aromatic carbocycles. The molecule has 19 heavy (non-hydrogen) atoms. The Balaban J connectivity index is 2.25. The molecule has 1 fully saturated rings. The van der Waals surface area contributed by atoms with Crippen LogP contribution >= 0.6 is 11.6 Å². The Kier molecular flexibility index (Phi) is 3.89. The monoisotopic (exact) mass is 284 g/mol. The number of piperidine rings is 1. The van der Waals surface area contributed by atoms with Crippen molar-refractivity contribution >= 4 is 23.1 Å². The molecular weight excluding hydrogens is 268 g/mol. The van der Waals surface area contributed by atoms with E-state index in [1.165, 1.54) is 6.33 Å².